The van der Waals surface area contributed by atoms with Crippen molar-refractivity contribution >= 4 is 23.9 Å². The summed E-state index contributed by atoms with van der Waals surface area (Å²) in [5.74, 6) is -0.685. The average Bonchev–Trinajstić information content (AvgIpc) is 2.84. The Balaban J connectivity index is 2.04. The van der Waals surface area contributed by atoms with E-state index in [0.29, 0.717) is 12.2 Å². The first kappa shape index (κ1) is 21.2. The number of imide groups is 2. The van der Waals surface area contributed by atoms with Gasteiger partial charge in [-0.25, -0.2) is 9.59 Å². The van der Waals surface area contributed by atoms with Crippen molar-refractivity contribution < 1.29 is 23.9 Å². The topological polar surface area (TPSA) is 117 Å². The summed E-state index contributed by atoms with van der Waals surface area (Å²) in [6.45, 7) is 4.74. The predicted octanol–water partition coefficient (Wildman–Crippen LogP) is 1.17. The lowest BCUT2D eigenvalue weighted by molar-refractivity contribution is -0.134. The third-order valence-electron chi connectivity index (χ3n) is 4.63. The number of carbonyl (C=O) groups is 4. The molecule has 1 aromatic carbocycles. The molecular weight excluding hydrogens is 364 g/mol. The Kier molecular flexibility index (Phi) is 6.61. The van der Waals surface area contributed by atoms with Crippen LogP contribution < -0.4 is 20.7 Å². The summed E-state index contributed by atoms with van der Waals surface area (Å²) in [6.07, 6.45) is 0.907. The summed E-state index contributed by atoms with van der Waals surface area (Å²) < 4.78 is 5.29. The van der Waals surface area contributed by atoms with Crippen LogP contribution >= 0.6 is 0 Å². The molecule has 6 amide bonds. The molecule has 0 aliphatic carbocycles. The van der Waals surface area contributed by atoms with E-state index in [9.17, 15) is 19.2 Å². The summed E-state index contributed by atoms with van der Waals surface area (Å²) in [6, 6.07) is 5.74. The van der Waals surface area contributed by atoms with E-state index in [-0.39, 0.29) is 12.5 Å². The second-order valence-electron chi connectivity index (χ2n) is 6.97. The number of rotatable bonds is 7. The van der Waals surface area contributed by atoms with E-state index in [2.05, 4.69) is 16.0 Å². The Morgan fingerprint density at radius 1 is 1.29 bits per heavy atom. The van der Waals surface area contributed by atoms with Gasteiger partial charge in [-0.15, -0.1) is 0 Å². The zero-order chi connectivity index (χ0) is 20.9. The molecule has 1 heterocycles. The number of ether oxygens (including phenoxy) is 1. The quantitative estimate of drug-likeness (QED) is 0.604. The van der Waals surface area contributed by atoms with E-state index in [1.54, 1.807) is 32.0 Å². The molecule has 1 aromatic rings. The van der Waals surface area contributed by atoms with Gasteiger partial charge >= 0.3 is 12.1 Å². The number of hydrogen-bond donors (Lipinski definition) is 3. The Morgan fingerprint density at radius 2 is 1.96 bits per heavy atom. The normalized spacial score (nSPS) is 19.8. The summed E-state index contributed by atoms with van der Waals surface area (Å²) in [4.78, 5) is 49.7. The van der Waals surface area contributed by atoms with Crippen molar-refractivity contribution in [3.63, 3.8) is 0 Å². The number of nitrogens with one attached hydrogen (secondary N) is 3. The van der Waals surface area contributed by atoms with Crippen LogP contribution in [-0.4, -0.2) is 54.0 Å². The summed E-state index contributed by atoms with van der Waals surface area (Å²) in [5, 5.41) is 7.34. The van der Waals surface area contributed by atoms with Crippen molar-refractivity contribution in [2.75, 3.05) is 13.7 Å². The molecule has 28 heavy (non-hydrogen) atoms. The van der Waals surface area contributed by atoms with Crippen LogP contribution in [0.5, 0.6) is 5.75 Å². The lowest BCUT2D eigenvalue weighted by Crippen LogP contribution is -2.49. The molecule has 9 heteroatoms. The van der Waals surface area contributed by atoms with Gasteiger partial charge in [-0.3, -0.25) is 19.8 Å². The summed E-state index contributed by atoms with van der Waals surface area (Å²) in [5.41, 5.74) is -0.467. The highest BCUT2D eigenvalue weighted by Gasteiger charge is 2.48. The van der Waals surface area contributed by atoms with Crippen molar-refractivity contribution in [3.8, 4) is 5.75 Å². The van der Waals surface area contributed by atoms with Crippen molar-refractivity contribution in [1.82, 2.24) is 20.9 Å². The highest BCUT2D eigenvalue weighted by atomic mass is 16.5. The number of benzene rings is 1. The SMILES string of the molecule is CC[C@H](C)NC(=O)NC(=O)CN1C(=O)N[C@](C)(Cc2ccccc2OC)C1=O. The standard InChI is InChI=1S/C19H26N4O5/c1-5-12(2)20-17(26)21-15(24)11-23-16(25)19(3,22-18(23)27)10-13-8-6-7-9-14(13)28-4/h6-9,12H,5,10-11H2,1-4H3,(H,22,27)(H2,20,21,24,26)/t12-,19+/m0/s1. The highest BCUT2D eigenvalue weighted by Crippen LogP contribution is 2.27. The molecule has 152 valence electrons. The van der Waals surface area contributed by atoms with Crippen molar-refractivity contribution in [1.29, 1.82) is 0 Å². The fourth-order valence-electron chi connectivity index (χ4n) is 2.91. The Morgan fingerprint density at radius 3 is 2.61 bits per heavy atom. The molecule has 2 rings (SSSR count). The molecule has 1 aliphatic heterocycles. The molecule has 1 saturated heterocycles. The van der Waals surface area contributed by atoms with Crippen molar-refractivity contribution in [2.45, 2.75) is 45.2 Å². The molecular formula is C19H26N4O5. The molecule has 0 saturated carbocycles. The van der Waals surface area contributed by atoms with E-state index in [1.807, 2.05) is 13.0 Å². The van der Waals surface area contributed by atoms with Gasteiger partial charge in [0.15, 0.2) is 0 Å². The summed E-state index contributed by atoms with van der Waals surface area (Å²) >= 11 is 0. The molecule has 0 aromatic heterocycles. The van der Waals surface area contributed by atoms with E-state index in [1.165, 1.54) is 7.11 Å². The third kappa shape index (κ3) is 4.79. The first-order valence-electron chi connectivity index (χ1n) is 9.06. The minimum absolute atomic E-state index is 0.103. The molecule has 3 N–H and O–H groups in total. The number of nitrogens with zero attached hydrogens (tertiary/aromatic N) is 1. The van der Waals surface area contributed by atoms with Gasteiger partial charge in [0.2, 0.25) is 5.91 Å². The van der Waals surface area contributed by atoms with Gasteiger partial charge in [-0.2, -0.15) is 0 Å². The van der Waals surface area contributed by atoms with Gasteiger partial charge in [-0.05, 0) is 31.9 Å². The minimum atomic E-state index is -1.22. The number of methoxy groups -OCH3 is 1. The first-order chi connectivity index (χ1) is 13.2. The second kappa shape index (κ2) is 8.73. The van der Waals surface area contributed by atoms with Crippen LogP contribution in [0.15, 0.2) is 24.3 Å². The van der Waals surface area contributed by atoms with E-state index < -0.39 is 36.0 Å². The van der Waals surface area contributed by atoms with Crippen LogP contribution in [-0.2, 0) is 16.0 Å². The first-order valence-corrected chi connectivity index (χ1v) is 9.06. The van der Waals surface area contributed by atoms with Crippen molar-refractivity contribution in [3.05, 3.63) is 29.8 Å². The number of hydrogen-bond acceptors (Lipinski definition) is 5. The zero-order valence-corrected chi connectivity index (χ0v) is 16.5. The van der Waals surface area contributed by atoms with E-state index >= 15 is 0 Å². The van der Waals surface area contributed by atoms with Gasteiger partial charge in [0.25, 0.3) is 5.91 Å². The molecule has 0 spiro atoms. The predicted molar refractivity (Wildman–Crippen MR) is 102 cm³/mol. The van der Waals surface area contributed by atoms with Gasteiger partial charge in [0.1, 0.15) is 17.8 Å². The van der Waals surface area contributed by atoms with Crippen LogP contribution in [0.4, 0.5) is 9.59 Å². The van der Waals surface area contributed by atoms with Crippen LogP contribution in [0.2, 0.25) is 0 Å². The number of amides is 6. The smallest absolute Gasteiger partial charge is 0.325 e. The maximum atomic E-state index is 12.8. The van der Waals surface area contributed by atoms with Gasteiger partial charge in [0, 0.05) is 12.5 Å². The van der Waals surface area contributed by atoms with E-state index in [4.69, 9.17) is 4.74 Å². The Labute approximate surface area is 163 Å². The van der Waals surface area contributed by atoms with Gasteiger partial charge < -0.3 is 15.4 Å². The maximum Gasteiger partial charge on any atom is 0.325 e. The fraction of sp³-hybridized carbons (Fsp3) is 0.474. The largest absolute Gasteiger partial charge is 0.496 e. The lowest BCUT2D eigenvalue weighted by Gasteiger charge is -2.22. The molecule has 9 nitrogen and oxygen atoms in total. The Bertz CT molecular complexity index is 781. The van der Waals surface area contributed by atoms with Crippen LogP contribution in [0.1, 0.15) is 32.8 Å². The fourth-order valence-corrected chi connectivity index (χ4v) is 2.91. The lowest BCUT2D eigenvalue weighted by atomic mass is 9.92. The maximum absolute atomic E-state index is 12.8. The molecule has 0 radical (unpaired) electrons. The number of urea groups is 2. The monoisotopic (exact) mass is 390 g/mol. The van der Waals surface area contributed by atoms with Crippen molar-refractivity contribution in [2.24, 2.45) is 0 Å². The molecule has 0 unspecified atom stereocenters. The van der Waals surface area contributed by atoms with Gasteiger partial charge in [0.05, 0.1) is 7.11 Å². The third-order valence-corrected chi connectivity index (χ3v) is 4.63. The second-order valence-corrected chi connectivity index (χ2v) is 6.97. The number of para-hydroxylation sites is 1. The van der Waals surface area contributed by atoms with Crippen LogP contribution in [0, 0.1) is 0 Å². The van der Waals surface area contributed by atoms with E-state index in [0.717, 1.165) is 10.5 Å². The molecule has 2 atom stereocenters. The average molecular weight is 390 g/mol. The minimum Gasteiger partial charge on any atom is -0.496 e. The van der Waals surface area contributed by atoms with Gasteiger partial charge in [-0.1, -0.05) is 25.1 Å². The van der Waals surface area contributed by atoms with Crippen LogP contribution in [0.3, 0.4) is 0 Å². The zero-order valence-electron chi connectivity index (χ0n) is 16.5. The summed E-state index contributed by atoms with van der Waals surface area (Å²) in [7, 11) is 1.53. The molecule has 1 fully saturated rings. The highest BCUT2D eigenvalue weighted by molar-refractivity contribution is 6.09. The molecule has 1 aliphatic rings. The van der Waals surface area contributed by atoms with Crippen LogP contribution in [0.25, 0.3) is 0 Å². The molecule has 0 bridgehead atoms. The number of carbonyl (C=O) groups excluding carboxylic acids is 4. The Hall–Kier alpha value is -3.10.